The number of rotatable bonds is 2. The fraction of sp³-hybridized carbons (Fsp3) is 0.0667. The molecule has 0 amide bonds. The van der Waals surface area contributed by atoms with Crippen molar-refractivity contribution in [3.63, 3.8) is 0 Å². The molecule has 0 saturated heterocycles. The van der Waals surface area contributed by atoms with E-state index in [1.54, 1.807) is 12.1 Å². The summed E-state index contributed by atoms with van der Waals surface area (Å²) < 4.78 is 41.0. The number of ether oxygens (including phenoxy) is 1. The predicted molar refractivity (Wildman–Crippen MR) is 71.3 cm³/mol. The number of benzene rings is 2. The molecular formula is C15H8F3NO3. The van der Waals surface area contributed by atoms with Crippen molar-refractivity contribution < 1.29 is 27.4 Å². The first-order valence-corrected chi connectivity index (χ1v) is 6.21. The minimum absolute atomic E-state index is 0.0675. The van der Waals surface area contributed by atoms with Crippen LogP contribution in [0.5, 0.6) is 5.75 Å². The molecule has 0 N–H and O–H groups in total. The molecule has 1 aliphatic heterocycles. The number of hydrogen-bond acceptors (Lipinski definition) is 3. The highest BCUT2D eigenvalue weighted by atomic mass is 19.4. The van der Waals surface area contributed by atoms with Crippen LogP contribution in [0.2, 0.25) is 0 Å². The van der Waals surface area contributed by atoms with Gasteiger partial charge in [0.15, 0.2) is 0 Å². The summed E-state index contributed by atoms with van der Waals surface area (Å²) >= 11 is 0. The molecule has 0 saturated carbocycles. The summed E-state index contributed by atoms with van der Waals surface area (Å²) in [5.74, 6) is -1.02. The third kappa shape index (κ3) is 2.41. The van der Waals surface area contributed by atoms with E-state index in [0.29, 0.717) is 4.74 Å². The van der Waals surface area contributed by atoms with Gasteiger partial charge in [-0.2, -0.15) is 4.74 Å². The highest BCUT2D eigenvalue weighted by Crippen LogP contribution is 2.29. The lowest BCUT2D eigenvalue weighted by molar-refractivity contribution is -0.355. The Bertz CT molecular complexity index is 797. The number of Topliss-reactive ketones (excluding diaryl/α,β-unsaturated/α-hetero) is 1. The van der Waals surface area contributed by atoms with E-state index in [0.717, 1.165) is 12.1 Å². The highest BCUT2D eigenvalue weighted by molar-refractivity contribution is 6.52. The Labute approximate surface area is 122 Å². The summed E-state index contributed by atoms with van der Waals surface area (Å²) in [4.78, 5) is 12.3. The number of para-hydroxylation sites is 1. The van der Waals surface area contributed by atoms with Crippen LogP contribution in [0.3, 0.4) is 0 Å². The van der Waals surface area contributed by atoms with Crippen molar-refractivity contribution in [2.45, 2.75) is 6.36 Å². The lowest BCUT2D eigenvalue weighted by atomic mass is 10.0. The molecule has 4 nitrogen and oxygen atoms in total. The molecule has 7 heteroatoms. The molecule has 0 radical (unpaired) electrons. The summed E-state index contributed by atoms with van der Waals surface area (Å²) in [5, 5.41) is 12.2. The van der Waals surface area contributed by atoms with Crippen LogP contribution in [0.25, 0.3) is 0 Å². The first-order valence-electron chi connectivity index (χ1n) is 6.21. The van der Waals surface area contributed by atoms with Gasteiger partial charge in [-0.1, -0.05) is 18.2 Å². The molecule has 3 rings (SSSR count). The van der Waals surface area contributed by atoms with Gasteiger partial charge >= 0.3 is 6.36 Å². The minimum Gasteiger partial charge on any atom is -0.618 e. The van der Waals surface area contributed by atoms with Crippen LogP contribution in [-0.4, -0.2) is 22.6 Å². The molecule has 0 unspecified atom stereocenters. The van der Waals surface area contributed by atoms with Crippen LogP contribution >= 0.6 is 0 Å². The van der Waals surface area contributed by atoms with Gasteiger partial charge in [-0.05, 0) is 24.3 Å². The third-order valence-corrected chi connectivity index (χ3v) is 3.13. The Hall–Kier alpha value is -2.83. The van der Waals surface area contributed by atoms with Crippen molar-refractivity contribution in [2.24, 2.45) is 0 Å². The first-order chi connectivity index (χ1) is 10.4. The molecule has 2 aromatic carbocycles. The van der Waals surface area contributed by atoms with Gasteiger partial charge in [0.05, 0.1) is 5.56 Å². The Balaban J connectivity index is 2.04. The molecule has 0 aliphatic carbocycles. The Kier molecular flexibility index (Phi) is 3.13. The third-order valence-electron chi connectivity index (χ3n) is 3.13. The van der Waals surface area contributed by atoms with E-state index in [1.165, 1.54) is 24.3 Å². The van der Waals surface area contributed by atoms with E-state index in [4.69, 9.17) is 0 Å². The van der Waals surface area contributed by atoms with Crippen molar-refractivity contribution in [3.05, 3.63) is 64.9 Å². The number of alkyl halides is 3. The summed E-state index contributed by atoms with van der Waals surface area (Å²) in [6.07, 6.45) is -4.84. The molecular weight excluding hydrogens is 299 g/mol. The van der Waals surface area contributed by atoms with Crippen LogP contribution < -0.4 is 4.74 Å². The normalized spacial score (nSPS) is 14.2. The number of carbonyl (C=O) groups is 1. The first kappa shape index (κ1) is 14.1. The van der Waals surface area contributed by atoms with E-state index in [2.05, 4.69) is 4.74 Å². The minimum atomic E-state index is -4.84. The molecule has 112 valence electrons. The smallest absolute Gasteiger partial charge is 0.573 e. The summed E-state index contributed by atoms with van der Waals surface area (Å²) in [6.45, 7) is 0. The summed E-state index contributed by atoms with van der Waals surface area (Å²) in [7, 11) is 0. The monoisotopic (exact) mass is 307 g/mol. The molecule has 2 aromatic rings. The molecule has 1 heterocycles. The molecule has 0 spiro atoms. The van der Waals surface area contributed by atoms with Crippen molar-refractivity contribution in [2.75, 3.05) is 0 Å². The van der Waals surface area contributed by atoms with Crippen molar-refractivity contribution in [1.29, 1.82) is 0 Å². The van der Waals surface area contributed by atoms with Gasteiger partial charge in [0.2, 0.25) is 5.69 Å². The zero-order chi connectivity index (χ0) is 15.9. The van der Waals surface area contributed by atoms with Gasteiger partial charge in [-0.25, -0.2) is 0 Å². The van der Waals surface area contributed by atoms with Gasteiger partial charge in [-0.15, -0.1) is 13.2 Å². The van der Waals surface area contributed by atoms with Crippen molar-refractivity contribution in [1.82, 2.24) is 0 Å². The Morgan fingerprint density at radius 2 is 1.77 bits per heavy atom. The summed E-state index contributed by atoms with van der Waals surface area (Å²) in [5.41, 5.74) is 0.228. The van der Waals surface area contributed by atoms with Crippen molar-refractivity contribution >= 4 is 17.2 Å². The largest absolute Gasteiger partial charge is 0.618 e. The molecule has 0 bridgehead atoms. The number of hydrogen-bond donors (Lipinski definition) is 0. The number of nitrogens with zero attached hydrogens (tertiary/aromatic N) is 1. The van der Waals surface area contributed by atoms with Gasteiger partial charge in [0.25, 0.3) is 11.5 Å². The maximum atomic E-state index is 12.3. The van der Waals surface area contributed by atoms with Crippen LogP contribution in [0.1, 0.15) is 15.9 Å². The number of fused-ring (bicyclic) bond motifs is 1. The van der Waals surface area contributed by atoms with E-state index in [1.807, 2.05) is 0 Å². The topological polar surface area (TPSA) is 52.4 Å². The Morgan fingerprint density at radius 3 is 2.45 bits per heavy atom. The average molecular weight is 307 g/mol. The number of ketones is 1. The highest BCUT2D eigenvalue weighted by Gasteiger charge is 2.37. The zero-order valence-corrected chi connectivity index (χ0v) is 10.9. The lowest BCUT2D eigenvalue weighted by Crippen LogP contribution is -2.19. The van der Waals surface area contributed by atoms with E-state index >= 15 is 0 Å². The summed E-state index contributed by atoms with van der Waals surface area (Å²) in [6, 6.07) is 11.0. The lowest BCUT2D eigenvalue weighted by Gasteiger charge is -2.09. The number of carbonyl (C=O) groups excluding carboxylic acids is 1. The van der Waals surface area contributed by atoms with E-state index in [-0.39, 0.29) is 22.5 Å². The number of halogens is 3. The fourth-order valence-electron chi connectivity index (χ4n) is 2.27. The molecule has 0 aromatic heterocycles. The van der Waals surface area contributed by atoms with Crippen LogP contribution in [0.15, 0.2) is 48.5 Å². The zero-order valence-electron chi connectivity index (χ0n) is 10.9. The molecule has 1 aliphatic rings. The Morgan fingerprint density at radius 1 is 1.05 bits per heavy atom. The standard InChI is InChI=1S/C15H8F3NO3/c16-15(17,18)22-10-5-3-4-9(8-10)13-14(20)11-6-1-2-7-12(11)19(13)21/h1-8H. The molecule has 0 atom stereocenters. The van der Waals surface area contributed by atoms with Gasteiger partial charge in [0, 0.05) is 6.07 Å². The van der Waals surface area contributed by atoms with Gasteiger partial charge in [-0.3, -0.25) is 4.79 Å². The SMILES string of the molecule is O=C1C(c2cccc(OC(F)(F)F)c2)=[N+]([O-])c2ccccc21. The molecule has 0 fully saturated rings. The van der Waals surface area contributed by atoms with Crippen LogP contribution in [-0.2, 0) is 0 Å². The second-order valence-electron chi connectivity index (χ2n) is 4.56. The second-order valence-corrected chi connectivity index (χ2v) is 4.56. The maximum Gasteiger partial charge on any atom is 0.573 e. The van der Waals surface area contributed by atoms with Crippen LogP contribution in [0.4, 0.5) is 18.9 Å². The molecule has 22 heavy (non-hydrogen) atoms. The maximum absolute atomic E-state index is 12.3. The predicted octanol–water partition coefficient (Wildman–Crippen LogP) is 3.41. The quantitative estimate of drug-likeness (QED) is 0.631. The van der Waals surface area contributed by atoms with Gasteiger partial charge in [0.1, 0.15) is 11.3 Å². The average Bonchev–Trinajstić information content (AvgIpc) is 2.70. The van der Waals surface area contributed by atoms with Crippen molar-refractivity contribution in [3.8, 4) is 5.75 Å². The fourth-order valence-corrected chi connectivity index (χ4v) is 2.27. The van der Waals surface area contributed by atoms with Crippen LogP contribution in [0, 0.1) is 5.21 Å². The second kappa shape index (κ2) is 4.87. The van der Waals surface area contributed by atoms with E-state index in [9.17, 15) is 23.2 Å². The van der Waals surface area contributed by atoms with Gasteiger partial charge < -0.3 is 9.94 Å². The van der Waals surface area contributed by atoms with E-state index < -0.39 is 17.9 Å².